The molecule has 1 aromatic rings. The smallest absolute Gasteiger partial charge is 0.317 e. The monoisotopic (exact) mass is 389 g/mol. The van der Waals surface area contributed by atoms with Gasteiger partial charge in [-0.05, 0) is 50.3 Å². The highest BCUT2D eigenvalue weighted by molar-refractivity contribution is 5.74. The zero-order valence-corrected chi connectivity index (χ0v) is 16.6. The summed E-state index contributed by atoms with van der Waals surface area (Å²) in [6.45, 7) is 5.29. The largest absolute Gasteiger partial charge is 0.480 e. The first-order valence-electron chi connectivity index (χ1n) is 10.2. The number of hydrogen-bond acceptors (Lipinski definition) is 5. The number of likely N-dealkylation sites (N-methyl/N-ethyl adjacent to an activating group) is 1. The minimum absolute atomic E-state index is 0.0561. The quantitative estimate of drug-likeness (QED) is 0.627. The third-order valence-electron chi connectivity index (χ3n) is 5.65. The van der Waals surface area contributed by atoms with Crippen LogP contribution in [0.3, 0.4) is 0 Å². The van der Waals surface area contributed by atoms with Crippen molar-refractivity contribution in [3.63, 3.8) is 0 Å². The van der Waals surface area contributed by atoms with E-state index in [0.717, 1.165) is 37.3 Å². The third kappa shape index (κ3) is 5.58. The van der Waals surface area contributed by atoms with E-state index < -0.39 is 5.97 Å². The van der Waals surface area contributed by atoms with Crippen molar-refractivity contribution < 1.29 is 14.7 Å². The van der Waals surface area contributed by atoms with Crippen molar-refractivity contribution in [1.29, 1.82) is 0 Å². The van der Waals surface area contributed by atoms with Crippen LogP contribution in [0.2, 0.25) is 0 Å². The Bertz CT molecular complexity index is 654. The van der Waals surface area contributed by atoms with Gasteiger partial charge in [-0.1, -0.05) is 13.0 Å². The fourth-order valence-corrected chi connectivity index (χ4v) is 3.93. The van der Waals surface area contributed by atoms with Gasteiger partial charge in [-0.15, -0.1) is 0 Å². The number of aliphatic carboxylic acids is 1. The van der Waals surface area contributed by atoms with Gasteiger partial charge in [0.15, 0.2) is 0 Å². The lowest BCUT2D eigenvalue weighted by Crippen LogP contribution is -2.56. The molecule has 0 radical (unpaired) electrons. The lowest BCUT2D eigenvalue weighted by atomic mass is 9.85. The lowest BCUT2D eigenvalue weighted by molar-refractivity contribution is -0.139. The average molecular weight is 390 g/mol. The highest BCUT2D eigenvalue weighted by Crippen LogP contribution is 2.25. The molecule has 1 saturated carbocycles. The molecule has 0 atom stereocenters. The van der Waals surface area contributed by atoms with Crippen LogP contribution >= 0.6 is 0 Å². The van der Waals surface area contributed by atoms with E-state index in [-0.39, 0.29) is 24.7 Å². The zero-order chi connectivity index (χ0) is 19.9. The molecule has 8 heteroatoms. The average Bonchev–Trinajstić information content (AvgIpc) is 2.68. The number of urea groups is 1. The Morgan fingerprint density at radius 2 is 2.00 bits per heavy atom. The number of carboxylic acid groups (broad SMARTS) is 1. The molecule has 1 aliphatic heterocycles. The summed E-state index contributed by atoms with van der Waals surface area (Å²) in [6.07, 6.45) is 7.15. The summed E-state index contributed by atoms with van der Waals surface area (Å²) < 4.78 is 0. The van der Waals surface area contributed by atoms with Crippen LogP contribution in [-0.4, -0.2) is 65.3 Å². The molecule has 1 aromatic heterocycles. The second kappa shape index (κ2) is 9.73. The minimum Gasteiger partial charge on any atom is -0.480 e. The van der Waals surface area contributed by atoms with Crippen molar-refractivity contribution in [1.82, 2.24) is 20.5 Å². The van der Waals surface area contributed by atoms with E-state index in [1.807, 2.05) is 30.2 Å². The molecular weight excluding hydrogens is 358 g/mol. The first kappa shape index (κ1) is 20.4. The van der Waals surface area contributed by atoms with Gasteiger partial charge in [-0.25, -0.2) is 9.78 Å². The van der Waals surface area contributed by atoms with Gasteiger partial charge in [0.05, 0.1) is 6.54 Å². The Balaban J connectivity index is 1.36. The van der Waals surface area contributed by atoms with Gasteiger partial charge in [-0.2, -0.15) is 0 Å². The van der Waals surface area contributed by atoms with Crippen LogP contribution < -0.4 is 15.5 Å². The normalized spacial score (nSPS) is 21.9. The Morgan fingerprint density at radius 3 is 2.61 bits per heavy atom. The maximum atomic E-state index is 12.1. The standard InChI is InChI=1S/C20H31N5O3/c1-2-24(14-19(26)27)17-10-16(11-17)23-20(28)22-13-15-6-7-18(21-12-15)25-8-4-3-5-9-25/h6-7,12,16-17H,2-5,8-11,13-14H2,1H3,(H,26,27)(H2,22,23,28). The van der Waals surface area contributed by atoms with Crippen LogP contribution in [0.25, 0.3) is 0 Å². The second-order valence-corrected chi connectivity index (χ2v) is 7.68. The Kier molecular flexibility index (Phi) is 7.08. The van der Waals surface area contributed by atoms with E-state index in [9.17, 15) is 9.59 Å². The summed E-state index contributed by atoms with van der Waals surface area (Å²) in [5, 5.41) is 14.8. The van der Waals surface area contributed by atoms with E-state index in [1.54, 1.807) is 0 Å². The van der Waals surface area contributed by atoms with Crippen molar-refractivity contribution in [2.24, 2.45) is 0 Å². The fraction of sp³-hybridized carbons (Fsp3) is 0.650. The van der Waals surface area contributed by atoms with Gasteiger partial charge < -0.3 is 20.6 Å². The minimum atomic E-state index is -0.809. The SMILES string of the molecule is CCN(CC(=O)O)C1CC(NC(=O)NCc2ccc(N3CCCCC3)nc2)C1. The fourth-order valence-electron chi connectivity index (χ4n) is 3.93. The van der Waals surface area contributed by atoms with Gasteiger partial charge in [0.2, 0.25) is 0 Å². The molecule has 0 aromatic carbocycles. The van der Waals surface area contributed by atoms with Crippen LogP contribution in [0.4, 0.5) is 10.6 Å². The number of amides is 2. The number of hydrogen-bond donors (Lipinski definition) is 3. The molecule has 154 valence electrons. The Morgan fingerprint density at radius 1 is 1.25 bits per heavy atom. The van der Waals surface area contributed by atoms with Gasteiger partial charge in [0.25, 0.3) is 0 Å². The summed E-state index contributed by atoms with van der Waals surface area (Å²) in [5.74, 6) is 0.200. The first-order valence-corrected chi connectivity index (χ1v) is 10.2. The first-order chi connectivity index (χ1) is 13.5. The number of carbonyl (C=O) groups excluding carboxylic acids is 1. The summed E-state index contributed by atoms with van der Waals surface area (Å²) in [4.78, 5) is 31.8. The molecule has 2 heterocycles. The predicted molar refractivity (Wildman–Crippen MR) is 107 cm³/mol. The van der Waals surface area contributed by atoms with E-state index in [2.05, 4.69) is 20.5 Å². The second-order valence-electron chi connectivity index (χ2n) is 7.68. The van der Waals surface area contributed by atoms with Crippen LogP contribution in [0, 0.1) is 0 Å². The molecule has 2 aliphatic rings. The molecular formula is C20H31N5O3. The molecule has 2 fully saturated rings. The van der Waals surface area contributed by atoms with Crippen LogP contribution in [-0.2, 0) is 11.3 Å². The summed E-state index contributed by atoms with van der Waals surface area (Å²) in [6, 6.07) is 4.19. The number of carboxylic acids is 1. The van der Waals surface area contributed by atoms with E-state index in [0.29, 0.717) is 13.1 Å². The van der Waals surface area contributed by atoms with Crippen molar-refractivity contribution >= 4 is 17.8 Å². The molecule has 1 saturated heterocycles. The number of piperidine rings is 1. The van der Waals surface area contributed by atoms with Gasteiger partial charge in [0.1, 0.15) is 5.82 Å². The molecule has 0 bridgehead atoms. The molecule has 28 heavy (non-hydrogen) atoms. The van der Waals surface area contributed by atoms with Gasteiger partial charge in [-0.3, -0.25) is 9.69 Å². The van der Waals surface area contributed by atoms with Crippen molar-refractivity contribution in [2.45, 2.75) is 57.7 Å². The number of carbonyl (C=O) groups is 2. The molecule has 8 nitrogen and oxygen atoms in total. The van der Waals surface area contributed by atoms with Gasteiger partial charge in [0, 0.05) is 37.9 Å². The summed E-state index contributed by atoms with van der Waals surface area (Å²) in [7, 11) is 0. The lowest BCUT2D eigenvalue weighted by Gasteiger charge is -2.42. The van der Waals surface area contributed by atoms with Crippen LogP contribution in [0.15, 0.2) is 18.3 Å². The summed E-state index contributed by atoms with van der Waals surface area (Å²) in [5.41, 5.74) is 0.973. The third-order valence-corrected chi connectivity index (χ3v) is 5.65. The number of pyridine rings is 1. The van der Waals surface area contributed by atoms with Crippen LogP contribution in [0.1, 0.15) is 44.6 Å². The number of rotatable bonds is 8. The molecule has 0 spiro atoms. The van der Waals surface area contributed by atoms with Crippen molar-refractivity contribution in [3.8, 4) is 0 Å². The van der Waals surface area contributed by atoms with E-state index in [4.69, 9.17) is 5.11 Å². The number of aromatic nitrogens is 1. The summed E-state index contributed by atoms with van der Waals surface area (Å²) >= 11 is 0. The maximum Gasteiger partial charge on any atom is 0.317 e. The van der Waals surface area contributed by atoms with Crippen molar-refractivity contribution in [2.75, 3.05) is 31.1 Å². The zero-order valence-electron chi connectivity index (χ0n) is 16.6. The molecule has 1 aliphatic carbocycles. The predicted octanol–water partition coefficient (Wildman–Crippen LogP) is 1.81. The Labute approximate surface area is 166 Å². The number of anilines is 1. The topological polar surface area (TPSA) is 97.8 Å². The highest BCUT2D eigenvalue weighted by Gasteiger charge is 2.34. The Hall–Kier alpha value is -2.35. The van der Waals surface area contributed by atoms with Crippen LogP contribution in [0.5, 0.6) is 0 Å². The number of nitrogens with one attached hydrogen (secondary N) is 2. The molecule has 3 rings (SSSR count). The number of nitrogens with zero attached hydrogens (tertiary/aromatic N) is 3. The molecule has 3 N–H and O–H groups in total. The van der Waals surface area contributed by atoms with Crippen molar-refractivity contribution in [3.05, 3.63) is 23.9 Å². The van der Waals surface area contributed by atoms with E-state index >= 15 is 0 Å². The maximum absolute atomic E-state index is 12.1. The molecule has 0 unspecified atom stereocenters. The highest BCUT2D eigenvalue weighted by atomic mass is 16.4. The van der Waals surface area contributed by atoms with E-state index in [1.165, 1.54) is 19.3 Å². The molecule has 2 amide bonds. The van der Waals surface area contributed by atoms with Gasteiger partial charge >= 0.3 is 12.0 Å².